The fourth-order valence-corrected chi connectivity index (χ4v) is 0.617. The third-order valence-corrected chi connectivity index (χ3v) is 1.07. The van der Waals surface area contributed by atoms with Crippen molar-refractivity contribution in [3.8, 4) is 0 Å². The van der Waals surface area contributed by atoms with E-state index in [2.05, 4.69) is 11.9 Å². The molecule has 1 amide bonds. The number of hydrogen-bond donors (Lipinski definition) is 1. The fraction of sp³-hybridized carbons (Fsp3) is 0.500. The monoisotopic (exact) mass is 143 g/mol. The number of carbonyl (C=O) groups is 1. The topological polar surface area (TPSA) is 47.6 Å². The molecule has 0 saturated carbocycles. The maximum absolute atomic E-state index is 10.6. The first-order valence-electron chi connectivity index (χ1n) is 2.99. The van der Waals surface area contributed by atoms with Gasteiger partial charge in [0.15, 0.2) is 0 Å². The van der Waals surface area contributed by atoms with E-state index < -0.39 is 6.41 Å². The van der Waals surface area contributed by atoms with E-state index in [0.717, 1.165) is 0 Å². The van der Waals surface area contributed by atoms with Crippen LogP contribution in [0.5, 0.6) is 0 Å². The molecule has 1 heterocycles. The number of nitrogens with one attached hydrogen (secondary N) is 1. The normalized spacial score (nSPS) is 18.8. The summed E-state index contributed by atoms with van der Waals surface area (Å²) in [6.45, 7) is 4.34. The van der Waals surface area contributed by atoms with Gasteiger partial charge in [-0.25, -0.2) is 0 Å². The Kier molecular flexibility index (Phi) is 2.42. The standard InChI is InChI=1S/C6H9NO3/c1-2-5(8)7-6-9-3-4-10-6/h2,6H,1,3-4H2,(H,7,8). The molecule has 10 heavy (non-hydrogen) atoms. The summed E-state index contributed by atoms with van der Waals surface area (Å²) in [5.74, 6) is -0.285. The van der Waals surface area contributed by atoms with Gasteiger partial charge in [-0.3, -0.25) is 4.79 Å². The highest BCUT2D eigenvalue weighted by Crippen LogP contribution is 1.98. The van der Waals surface area contributed by atoms with E-state index in [1.54, 1.807) is 0 Å². The van der Waals surface area contributed by atoms with Gasteiger partial charge in [0.2, 0.25) is 12.3 Å². The average Bonchev–Trinajstić information content (AvgIpc) is 2.40. The lowest BCUT2D eigenvalue weighted by Crippen LogP contribution is -2.33. The molecular weight excluding hydrogens is 134 g/mol. The summed E-state index contributed by atoms with van der Waals surface area (Å²) in [6, 6.07) is 0. The van der Waals surface area contributed by atoms with Crippen LogP contribution in [0, 0.1) is 0 Å². The Morgan fingerprint density at radius 3 is 2.70 bits per heavy atom. The molecule has 0 aromatic heterocycles. The van der Waals surface area contributed by atoms with Crippen LogP contribution in [0.4, 0.5) is 0 Å². The highest BCUT2D eigenvalue weighted by Gasteiger charge is 2.16. The molecule has 0 atom stereocenters. The van der Waals surface area contributed by atoms with Gasteiger partial charge in [0.1, 0.15) is 0 Å². The summed E-state index contributed by atoms with van der Waals surface area (Å²) in [7, 11) is 0. The molecule has 1 N–H and O–H groups in total. The first kappa shape index (κ1) is 7.24. The quantitative estimate of drug-likeness (QED) is 0.536. The Balaban J connectivity index is 2.23. The molecule has 0 unspecified atom stereocenters. The zero-order valence-corrected chi connectivity index (χ0v) is 5.50. The van der Waals surface area contributed by atoms with Crippen LogP contribution in [0.15, 0.2) is 12.7 Å². The first-order chi connectivity index (χ1) is 4.83. The van der Waals surface area contributed by atoms with Crippen molar-refractivity contribution >= 4 is 5.91 Å². The molecule has 0 aliphatic carbocycles. The highest BCUT2D eigenvalue weighted by molar-refractivity contribution is 5.86. The van der Waals surface area contributed by atoms with E-state index >= 15 is 0 Å². The van der Waals surface area contributed by atoms with Crippen LogP contribution in [-0.2, 0) is 14.3 Å². The van der Waals surface area contributed by atoms with Crippen molar-refractivity contribution in [2.75, 3.05) is 13.2 Å². The minimum absolute atomic E-state index is 0.285. The van der Waals surface area contributed by atoms with Crippen LogP contribution in [-0.4, -0.2) is 25.5 Å². The molecule has 1 aliphatic heterocycles. The molecule has 0 radical (unpaired) electrons. The zero-order valence-electron chi connectivity index (χ0n) is 5.50. The van der Waals surface area contributed by atoms with Crippen molar-refractivity contribution in [2.45, 2.75) is 6.41 Å². The third-order valence-electron chi connectivity index (χ3n) is 1.07. The minimum Gasteiger partial charge on any atom is -0.333 e. The van der Waals surface area contributed by atoms with E-state index in [4.69, 9.17) is 9.47 Å². The van der Waals surface area contributed by atoms with E-state index in [1.807, 2.05) is 0 Å². The van der Waals surface area contributed by atoms with Crippen LogP contribution in [0.25, 0.3) is 0 Å². The molecule has 1 fully saturated rings. The molecule has 0 spiro atoms. The van der Waals surface area contributed by atoms with Gasteiger partial charge in [-0.05, 0) is 6.08 Å². The lowest BCUT2D eigenvalue weighted by molar-refractivity contribution is -0.129. The summed E-state index contributed by atoms with van der Waals surface area (Å²) in [5.41, 5.74) is 0. The van der Waals surface area contributed by atoms with Gasteiger partial charge in [-0.1, -0.05) is 6.58 Å². The second-order valence-corrected chi connectivity index (χ2v) is 1.79. The van der Waals surface area contributed by atoms with Gasteiger partial charge in [0.05, 0.1) is 13.2 Å². The van der Waals surface area contributed by atoms with Gasteiger partial charge in [0.25, 0.3) is 0 Å². The Morgan fingerprint density at radius 2 is 2.20 bits per heavy atom. The summed E-state index contributed by atoms with van der Waals surface area (Å²) >= 11 is 0. The lowest BCUT2D eigenvalue weighted by atomic mass is 10.6. The van der Waals surface area contributed by atoms with Gasteiger partial charge < -0.3 is 14.8 Å². The van der Waals surface area contributed by atoms with Crippen molar-refractivity contribution in [3.05, 3.63) is 12.7 Å². The first-order valence-corrected chi connectivity index (χ1v) is 2.99. The second-order valence-electron chi connectivity index (χ2n) is 1.79. The third kappa shape index (κ3) is 1.82. The Bertz CT molecular complexity index is 140. The fourth-order valence-electron chi connectivity index (χ4n) is 0.617. The van der Waals surface area contributed by atoms with E-state index in [1.165, 1.54) is 6.08 Å². The molecule has 0 aromatic carbocycles. The molecule has 1 saturated heterocycles. The molecule has 4 heteroatoms. The zero-order chi connectivity index (χ0) is 7.40. The SMILES string of the molecule is C=CC(=O)NC1OCCO1. The summed E-state index contributed by atoms with van der Waals surface area (Å²) in [6.07, 6.45) is 0.593. The molecule has 0 aromatic rings. The molecule has 1 rings (SSSR count). The van der Waals surface area contributed by atoms with E-state index in [9.17, 15) is 4.79 Å². The molecule has 56 valence electrons. The van der Waals surface area contributed by atoms with Crippen molar-refractivity contribution in [1.82, 2.24) is 5.32 Å². The number of carbonyl (C=O) groups excluding carboxylic acids is 1. The van der Waals surface area contributed by atoms with Crippen LogP contribution >= 0.6 is 0 Å². The number of hydrogen-bond acceptors (Lipinski definition) is 3. The summed E-state index contributed by atoms with van der Waals surface area (Å²) < 4.78 is 9.85. The predicted octanol–water partition coefficient (Wildman–Crippen LogP) is -0.381. The smallest absolute Gasteiger partial charge is 0.247 e. The second kappa shape index (κ2) is 3.34. The van der Waals surface area contributed by atoms with Crippen molar-refractivity contribution in [1.29, 1.82) is 0 Å². The highest BCUT2D eigenvalue weighted by atomic mass is 16.7. The predicted molar refractivity (Wildman–Crippen MR) is 34.0 cm³/mol. The van der Waals surface area contributed by atoms with Crippen LogP contribution in [0.2, 0.25) is 0 Å². The minimum atomic E-state index is -0.578. The van der Waals surface area contributed by atoms with Crippen molar-refractivity contribution in [3.63, 3.8) is 0 Å². The van der Waals surface area contributed by atoms with Crippen molar-refractivity contribution < 1.29 is 14.3 Å². The molecule has 4 nitrogen and oxygen atoms in total. The molecule has 1 aliphatic rings. The van der Waals surface area contributed by atoms with Gasteiger partial charge in [0, 0.05) is 0 Å². The lowest BCUT2D eigenvalue weighted by Gasteiger charge is -2.07. The van der Waals surface area contributed by atoms with Gasteiger partial charge in [-0.15, -0.1) is 0 Å². The maximum atomic E-state index is 10.6. The molecular formula is C6H9NO3. The van der Waals surface area contributed by atoms with E-state index in [-0.39, 0.29) is 5.91 Å². The largest absolute Gasteiger partial charge is 0.333 e. The Morgan fingerprint density at radius 1 is 1.60 bits per heavy atom. The number of rotatable bonds is 2. The maximum Gasteiger partial charge on any atom is 0.247 e. The Labute approximate surface area is 58.8 Å². The van der Waals surface area contributed by atoms with Crippen LogP contribution in [0.3, 0.4) is 0 Å². The summed E-state index contributed by atoms with van der Waals surface area (Å²) in [5, 5.41) is 2.43. The Hall–Kier alpha value is -0.870. The van der Waals surface area contributed by atoms with Crippen LogP contribution in [0.1, 0.15) is 0 Å². The molecule has 0 bridgehead atoms. The number of amides is 1. The number of ether oxygens (including phenoxy) is 2. The van der Waals surface area contributed by atoms with Crippen molar-refractivity contribution in [2.24, 2.45) is 0 Å². The average molecular weight is 143 g/mol. The van der Waals surface area contributed by atoms with Crippen LogP contribution < -0.4 is 5.32 Å². The van der Waals surface area contributed by atoms with E-state index in [0.29, 0.717) is 13.2 Å². The van der Waals surface area contributed by atoms with Gasteiger partial charge in [-0.2, -0.15) is 0 Å². The van der Waals surface area contributed by atoms with Gasteiger partial charge >= 0.3 is 0 Å². The summed E-state index contributed by atoms with van der Waals surface area (Å²) in [4.78, 5) is 10.6.